The highest BCUT2D eigenvalue weighted by molar-refractivity contribution is 7.81. The summed E-state index contributed by atoms with van der Waals surface area (Å²) < 4.78 is 0. The van der Waals surface area contributed by atoms with E-state index in [9.17, 15) is 0 Å². The van der Waals surface area contributed by atoms with Crippen LogP contribution in [0.3, 0.4) is 0 Å². The van der Waals surface area contributed by atoms with Crippen LogP contribution in [0.2, 0.25) is 0 Å². The number of benzene rings is 2. The topological polar surface area (TPSA) is 15.3 Å². The van der Waals surface area contributed by atoms with Gasteiger partial charge in [-0.3, -0.25) is 0 Å². The van der Waals surface area contributed by atoms with Gasteiger partial charge in [-0.05, 0) is 11.1 Å². The maximum absolute atomic E-state index is 5.71. The largest absolute Gasteiger partial charge is 0.345 e. The Bertz CT molecular complexity index is 880. The maximum Gasteiger partial charge on any atom is 0.116 e. The van der Waals surface area contributed by atoms with Gasteiger partial charge in [0.1, 0.15) is 9.98 Å². The average Bonchev–Trinajstić information content (AvgIpc) is 3.06. The molecule has 4 heteroatoms. The number of fused-ring (bicyclic) bond motifs is 1. The number of nitrogens with one attached hydrogen (secondary N) is 1. The van der Waals surface area contributed by atoms with Gasteiger partial charge >= 0.3 is 0 Å². The van der Waals surface area contributed by atoms with Crippen LogP contribution in [0.15, 0.2) is 71.8 Å². The van der Waals surface area contributed by atoms with Crippen LogP contribution in [0.5, 0.6) is 0 Å². The Balaban J connectivity index is 1.97. The lowest BCUT2D eigenvalue weighted by Crippen LogP contribution is -2.22. The molecular formula is C19H14N2S2. The van der Waals surface area contributed by atoms with E-state index in [-0.39, 0.29) is 0 Å². The Kier molecular flexibility index (Phi) is 3.36. The number of thiocarbonyl (C=S) groups is 2. The molecule has 0 aromatic heterocycles. The average molecular weight is 334 g/mol. The molecule has 0 fully saturated rings. The smallest absolute Gasteiger partial charge is 0.116 e. The standard InChI is InChI=1S/C19H14N2S2/c1-21-17(13-10-6-3-7-11-13)15-14(19(21)23)16(20-18(15)22)12-8-4-2-5-9-12/h2-11H,1H3,(H,20,22). The third-order valence-corrected chi connectivity index (χ3v) is 4.95. The van der Waals surface area contributed by atoms with E-state index >= 15 is 0 Å². The maximum atomic E-state index is 5.71. The van der Waals surface area contributed by atoms with E-state index in [1.807, 2.05) is 43.4 Å². The summed E-state index contributed by atoms with van der Waals surface area (Å²) in [5, 5.41) is 3.36. The minimum atomic E-state index is 0.740. The van der Waals surface area contributed by atoms with E-state index in [1.165, 1.54) is 0 Å². The third kappa shape index (κ3) is 2.14. The Morgan fingerprint density at radius 2 is 1.35 bits per heavy atom. The van der Waals surface area contributed by atoms with Crippen LogP contribution in [0.4, 0.5) is 0 Å². The van der Waals surface area contributed by atoms with E-state index in [2.05, 4.69) is 34.5 Å². The van der Waals surface area contributed by atoms with Crippen molar-refractivity contribution in [3.63, 3.8) is 0 Å². The zero-order chi connectivity index (χ0) is 16.0. The van der Waals surface area contributed by atoms with Gasteiger partial charge in [-0.25, -0.2) is 0 Å². The van der Waals surface area contributed by atoms with Crippen LogP contribution < -0.4 is 5.32 Å². The summed E-state index contributed by atoms with van der Waals surface area (Å²) in [6.45, 7) is 0. The first-order valence-electron chi connectivity index (χ1n) is 7.37. The first kappa shape index (κ1) is 14.3. The quantitative estimate of drug-likeness (QED) is 0.834. The van der Waals surface area contributed by atoms with Crippen LogP contribution in [-0.2, 0) is 0 Å². The molecule has 2 aliphatic heterocycles. The molecule has 2 aromatic carbocycles. The second kappa shape index (κ2) is 5.41. The highest BCUT2D eigenvalue weighted by Gasteiger charge is 2.39. The SMILES string of the molecule is CN1C(=S)C2=C(c3ccccc3)NC(=S)C2=C1c1ccccc1. The van der Waals surface area contributed by atoms with Crippen molar-refractivity contribution >= 4 is 45.8 Å². The third-order valence-electron chi connectivity index (χ3n) is 4.17. The number of hydrogen-bond donors (Lipinski definition) is 1. The van der Waals surface area contributed by atoms with E-state index in [4.69, 9.17) is 24.4 Å². The summed E-state index contributed by atoms with van der Waals surface area (Å²) >= 11 is 11.3. The first-order valence-corrected chi connectivity index (χ1v) is 8.19. The molecule has 4 rings (SSSR count). The molecule has 2 aliphatic rings. The number of nitrogens with zero attached hydrogens (tertiary/aromatic N) is 1. The molecule has 0 atom stereocenters. The molecule has 0 saturated heterocycles. The fourth-order valence-electron chi connectivity index (χ4n) is 3.11. The molecule has 1 N–H and O–H groups in total. The molecule has 0 saturated carbocycles. The Hall–Kier alpha value is -2.30. The Labute approximate surface area is 146 Å². The van der Waals surface area contributed by atoms with Crippen molar-refractivity contribution in [2.75, 3.05) is 7.05 Å². The predicted octanol–water partition coefficient (Wildman–Crippen LogP) is 4.01. The molecule has 2 nitrogen and oxygen atoms in total. The van der Waals surface area contributed by atoms with Gasteiger partial charge in [0.15, 0.2) is 0 Å². The Morgan fingerprint density at radius 1 is 0.783 bits per heavy atom. The van der Waals surface area contributed by atoms with Crippen LogP contribution in [-0.4, -0.2) is 21.9 Å². The summed E-state index contributed by atoms with van der Waals surface area (Å²) in [6, 6.07) is 20.5. The highest BCUT2D eigenvalue weighted by atomic mass is 32.1. The summed E-state index contributed by atoms with van der Waals surface area (Å²) in [4.78, 5) is 3.61. The number of rotatable bonds is 2. The molecule has 0 aliphatic carbocycles. The van der Waals surface area contributed by atoms with Crippen LogP contribution in [0.25, 0.3) is 11.4 Å². The zero-order valence-corrected chi connectivity index (χ0v) is 14.2. The summed E-state index contributed by atoms with van der Waals surface area (Å²) in [6.07, 6.45) is 0. The van der Waals surface area contributed by atoms with Crippen molar-refractivity contribution in [3.8, 4) is 0 Å². The van der Waals surface area contributed by atoms with E-state index in [0.717, 1.165) is 43.6 Å². The lowest BCUT2D eigenvalue weighted by atomic mass is 10.0. The molecule has 2 heterocycles. The van der Waals surface area contributed by atoms with Gasteiger partial charge in [0.2, 0.25) is 0 Å². The normalized spacial score (nSPS) is 17.0. The van der Waals surface area contributed by atoms with E-state index < -0.39 is 0 Å². The van der Waals surface area contributed by atoms with Crippen molar-refractivity contribution in [1.82, 2.24) is 10.2 Å². The fourth-order valence-corrected chi connectivity index (χ4v) is 3.71. The lowest BCUT2D eigenvalue weighted by Gasteiger charge is -2.18. The van der Waals surface area contributed by atoms with Gasteiger partial charge in [0, 0.05) is 18.2 Å². The molecule has 0 radical (unpaired) electrons. The molecule has 112 valence electrons. The van der Waals surface area contributed by atoms with Crippen LogP contribution in [0.1, 0.15) is 11.1 Å². The van der Waals surface area contributed by atoms with Crippen molar-refractivity contribution in [2.24, 2.45) is 0 Å². The van der Waals surface area contributed by atoms with Crippen LogP contribution >= 0.6 is 24.4 Å². The van der Waals surface area contributed by atoms with Crippen molar-refractivity contribution in [3.05, 3.63) is 82.9 Å². The van der Waals surface area contributed by atoms with E-state index in [1.54, 1.807) is 0 Å². The summed E-state index contributed by atoms with van der Waals surface area (Å²) in [5.74, 6) is 0. The summed E-state index contributed by atoms with van der Waals surface area (Å²) in [7, 11) is 2.01. The monoisotopic (exact) mass is 334 g/mol. The fraction of sp³-hybridized carbons (Fsp3) is 0.0526. The van der Waals surface area contributed by atoms with Gasteiger partial charge in [-0.15, -0.1) is 0 Å². The number of likely N-dealkylation sites (N-methyl/N-ethyl adjacent to an activating group) is 1. The van der Waals surface area contributed by atoms with Gasteiger partial charge in [0.25, 0.3) is 0 Å². The minimum Gasteiger partial charge on any atom is -0.345 e. The molecule has 23 heavy (non-hydrogen) atoms. The molecule has 0 spiro atoms. The summed E-state index contributed by atoms with van der Waals surface area (Å²) in [5.41, 5.74) is 6.39. The zero-order valence-electron chi connectivity index (χ0n) is 12.5. The van der Waals surface area contributed by atoms with Crippen molar-refractivity contribution < 1.29 is 0 Å². The van der Waals surface area contributed by atoms with Gasteiger partial charge in [-0.1, -0.05) is 85.1 Å². The van der Waals surface area contributed by atoms with Crippen molar-refractivity contribution in [1.29, 1.82) is 0 Å². The first-order chi connectivity index (χ1) is 11.2. The molecule has 0 bridgehead atoms. The Morgan fingerprint density at radius 3 is 1.96 bits per heavy atom. The van der Waals surface area contributed by atoms with Crippen LogP contribution in [0, 0.1) is 0 Å². The van der Waals surface area contributed by atoms with Gasteiger partial charge in [0.05, 0.1) is 11.4 Å². The molecule has 0 unspecified atom stereocenters. The molecular weight excluding hydrogens is 320 g/mol. The van der Waals surface area contributed by atoms with Crippen molar-refractivity contribution in [2.45, 2.75) is 0 Å². The molecule has 2 aromatic rings. The highest BCUT2D eigenvalue weighted by Crippen LogP contribution is 2.42. The minimum absolute atomic E-state index is 0.740. The second-order valence-corrected chi connectivity index (χ2v) is 6.32. The number of hydrogen-bond acceptors (Lipinski definition) is 2. The lowest BCUT2D eigenvalue weighted by molar-refractivity contribution is 0.746. The van der Waals surface area contributed by atoms with E-state index in [0.29, 0.717) is 0 Å². The van der Waals surface area contributed by atoms with Gasteiger partial charge in [-0.2, -0.15) is 0 Å². The van der Waals surface area contributed by atoms with Gasteiger partial charge < -0.3 is 10.2 Å². The predicted molar refractivity (Wildman–Crippen MR) is 103 cm³/mol. The molecule has 0 amide bonds. The second-order valence-electron chi connectivity index (χ2n) is 5.52.